The fraction of sp³-hybridized carbons (Fsp3) is 0.143. The number of amides is 1. The number of hydrogen-bond acceptors (Lipinski definition) is 7. The van der Waals surface area contributed by atoms with Crippen molar-refractivity contribution in [3.63, 3.8) is 0 Å². The van der Waals surface area contributed by atoms with Crippen molar-refractivity contribution in [2.75, 3.05) is 0 Å². The predicted molar refractivity (Wildman–Crippen MR) is 89.8 cm³/mol. The van der Waals surface area contributed by atoms with E-state index in [1.165, 1.54) is 24.4 Å². The van der Waals surface area contributed by atoms with Crippen molar-refractivity contribution in [2.24, 2.45) is 10.2 Å². The van der Waals surface area contributed by atoms with Gasteiger partial charge in [-0.3, -0.25) is 19.7 Å². The van der Waals surface area contributed by atoms with E-state index in [9.17, 15) is 19.7 Å². The van der Waals surface area contributed by atoms with Gasteiger partial charge in [-0.1, -0.05) is 23.9 Å². The van der Waals surface area contributed by atoms with Crippen LogP contribution in [-0.4, -0.2) is 38.5 Å². The first-order chi connectivity index (χ1) is 11.5. The van der Waals surface area contributed by atoms with Crippen molar-refractivity contribution >= 4 is 46.8 Å². The van der Waals surface area contributed by atoms with Gasteiger partial charge in [0.1, 0.15) is 5.25 Å². The van der Waals surface area contributed by atoms with E-state index in [2.05, 4.69) is 15.5 Å². The maximum absolute atomic E-state index is 11.5. The summed E-state index contributed by atoms with van der Waals surface area (Å²) in [5, 5.41) is 28.9. The number of nitro benzene ring substituents is 1. The number of carbonyl (C=O) groups is 2. The second-order valence-corrected chi connectivity index (χ2v) is 5.73. The number of rotatable bonds is 6. The Labute approximate surface area is 140 Å². The number of nitrogens with one attached hydrogen (secondary N) is 1. The zero-order valence-corrected chi connectivity index (χ0v) is 13.0. The van der Waals surface area contributed by atoms with E-state index in [1.807, 2.05) is 0 Å². The van der Waals surface area contributed by atoms with Gasteiger partial charge in [-0.25, -0.2) is 0 Å². The third kappa shape index (κ3) is 4.74. The Balaban J connectivity index is 1.97. The lowest BCUT2D eigenvalue weighted by Gasteiger charge is -1.97. The van der Waals surface area contributed by atoms with Gasteiger partial charge in [0.2, 0.25) is 5.91 Å². The number of nitro groups is 1. The van der Waals surface area contributed by atoms with Crippen molar-refractivity contribution in [1.29, 1.82) is 0 Å². The number of allylic oxidation sites excluding steroid dienone is 1. The maximum Gasteiger partial charge on any atom is 0.305 e. The summed E-state index contributed by atoms with van der Waals surface area (Å²) in [5.74, 6) is -1.49. The highest BCUT2D eigenvalue weighted by atomic mass is 32.2. The van der Waals surface area contributed by atoms with Gasteiger partial charge in [-0.15, -0.1) is 5.10 Å². The monoisotopic (exact) mass is 348 g/mol. The molecule has 0 bridgehead atoms. The molecule has 0 spiro atoms. The Morgan fingerprint density at radius 2 is 2.21 bits per heavy atom. The highest BCUT2D eigenvalue weighted by Crippen LogP contribution is 2.22. The van der Waals surface area contributed by atoms with E-state index in [0.717, 1.165) is 11.8 Å². The first kappa shape index (κ1) is 17.3. The standard InChI is InChI=1S/C14H12N4O5S/c19-12(20)8-11-13(21)16-14(24-11)17-15-7-3-5-9-4-1-2-6-10(9)18(22)23/h1-7,11H,8H2,(H,19,20)(H,16,17,21)/b5-3+,15-7+/t11-/m1/s1. The third-order valence-corrected chi connectivity index (χ3v) is 3.92. The summed E-state index contributed by atoms with van der Waals surface area (Å²) in [6.07, 6.45) is 4.00. The molecule has 1 saturated heterocycles. The second kappa shape index (κ2) is 8.02. The topological polar surface area (TPSA) is 134 Å². The lowest BCUT2D eigenvalue weighted by atomic mass is 10.2. The number of carboxylic acid groups (broad SMARTS) is 1. The average Bonchev–Trinajstić information content (AvgIpc) is 2.86. The van der Waals surface area contributed by atoms with Gasteiger partial charge in [0.05, 0.1) is 16.9 Å². The maximum atomic E-state index is 11.5. The molecule has 1 aliphatic rings. The van der Waals surface area contributed by atoms with E-state index in [1.54, 1.807) is 18.2 Å². The van der Waals surface area contributed by atoms with Gasteiger partial charge < -0.3 is 10.4 Å². The van der Waals surface area contributed by atoms with Crippen LogP contribution in [0.1, 0.15) is 12.0 Å². The van der Waals surface area contributed by atoms with E-state index >= 15 is 0 Å². The van der Waals surface area contributed by atoms with Gasteiger partial charge in [0.25, 0.3) is 5.69 Å². The predicted octanol–water partition coefficient (Wildman–Crippen LogP) is 1.66. The summed E-state index contributed by atoms with van der Waals surface area (Å²) >= 11 is 0.989. The Hall–Kier alpha value is -3.01. The normalized spacial score (nSPS) is 19.2. The molecule has 2 rings (SSSR count). The van der Waals surface area contributed by atoms with E-state index in [4.69, 9.17) is 5.11 Å². The smallest absolute Gasteiger partial charge is 0.305 e. The Morgan fingerprint density at radius 1 is 1.46 bits per heavy atom. The Kier molecular flexibility index (Phi) is 5.79. The number of benzene rings is 1. The van der Waals surface area contributed by atoms with Crippen LogP contribution in [0.3, 0.4) is 0 Å². The lowest BCUT2D eigenvalue weighted by Crippen LogP contribution is -2.26. The molecule has 1 amide bonds. The summed E-state index contributed by atoms with van der Waals surface area (Å²) in [7, 11) is 0. The van der Waals surface area contributed by atoms with Crippen molar-refractivity contribution < 1.29 is 19.6 Å². The average molecular weight is 348 g/mol. The van der Waals surface area contributed by atoms with Crippen molar-refractivity contribution in [2.45, 2.75) is 11.7 Å². The SMILES string of the molecule is O=C(O)C[C@H]1SC(=N/N=C/C=C/c2ccccc2[N+](=O)[O-])NC1=O. The van der Waals surface area contributed by atoms with Crippen LogP contribution in [0, 0.1) is 10.1 Å². The van der Waals surface area contributed by atoms with Crippen LogP contribution in [0.5, 0.6) is 0 Å². The Morgan fingerprint density at radius 3 is 2.92 bits per heavy atom. The van der Waals surface area contributed by atoms with Gasteiger partial charge >= 0.3 is 5.97 Å². The molecular formula is C14H12N4O5S. The molecule has 1 fully saturated rings. The van der Waals surface area contributed by atoms with Crippen molar-refractivity contribution in [1.82, 2.24) is 5.32 Å². The van der Waals surface area contributed by atoms with Crippen LogP contribution in [-0.2, 0) is 9.59 Å². The van der Waals surface area contributed by atoms with E-state index < -0.39 is 22.0 Å². The molecule has 10 heteroatoms. The summed E-state index contributed by atoms with van der Waals surface area (Å²) in [6, 6.07) is 6.24. The minimum atomic E-state index is -1.07. The quantitative estimate of drug-likeness (QED) is 0.456. The molecule has 1 aliphatic heterocycles. The first-order valence-electron chi connectivity index (χ1n) is 6.68. The number of carboxylic acids is 1. The van der Waals surface area contributed by atoms with Gasteiger partial charge in [0, 0.05) is 12.3 Å². The number of aliphatic carboxylic acids is 1. The molecule has 9 nitrogen and oxygen atoms in total. The number of nitrogens with zero attached hydrogens (tertiary/aromatic N) is 3. The van der Waals surface area contributed by atoms with Crippen molar-refractivity contribution in [3.8, 4) is 0 Å². The van der Waals surface area contributed by atoms with Crippen LogP contribution in [0.4, 0.5) is 5.69 Å². The van der Waals surface area contributed by atoms with Crippen LogP contribution in [0.2, 0.25) is 0 Å². The minimum absolute atomic E-state index is 0.0245. The summed E-state index contributed by atoms with van der Waals surface area (Å²) in [4.78, 5) is 32.5. The lowest BCUT2D eigenvalue weighted by molar-refractivity contribution is -0.385. The molecule has 0 aliphatic carbocycles. The zero-order chi connectivity index (χ0) is 17.5. The first-order valence-corrected chi connectivity index (χ1v) is 7.56. The Bertz CT molecular complexity index is 759. The molecule has 24 heavy (non-hydrogen) atoms. The molecule has 0 radical (unpaired) electrons. The fourth-order valence-corrected chi connectivity index (χ4v) is 2.73. The number of hydrogen-bond donors (Lipinski definition) is 2. The molecule has 1 aromatic rings. The largest absolute Gasteiger partial charge is 0.481 e. The van der Waals surface area contributed by atoms with Gasteiger partial charge in [0.15, 0.2) is 5.17 Å². The molecule has 1 heterocycles. The van der Waals surface area contributed by atoms with E-state index in [0.29, 0.717) is 5.56 Å². The zero-order valence-electron chi connectivity index (χ0n) is 12.2. The van der Waals surface area contributed by atoms with Gasteiger partial charge in [-0.2, -0.15) is 5.10 Å². The molecule has 1 aromatic carbocycles. The van der Waals surface area contributed by atoms with Crippen LogP contribution >= 0.6 is 11.8 Å². The molecule has 0 aromatic heterocycles. The molecular weight excluding hydrogens is 336 g/mol. The van der Waals surface area contributed by atoms with E-state index in [-0.39, 0.29) is 17.3 Å². The van der Waals surface area contributed by atoms with Crippen LogP contribution in [0.15, 0.2) is 40.5 Å². The summed E-state index contributed by atoms with van der Waals surface area (Å²) < 4.78 is 0. The molecule has 2 N–H and O–H groups in total. The number of amidine groups is 1. The highest BCUT2D eigenvalue weighted by Gasteiger charge is 2.32. The summed E-state index contributed by atoms with van der Waals surface area (Å²) in [5.41, 5.74) is 0.398. The second-order valence-electron chi connectivity index (χ2n) is 4.54. The van der Waals surface area contributed by atoms with Crippen molar-refractivity contribution in [3.05, 3.63) is 46.0 Å². The molecule has 0 saturated carbocycles. The van der Waals surface area contributed by atoms with Crippen LogP contribution < -0.4 is 5.32 Å². The minimum Gasteiger partial charge on any atom is -0.481 e. The third-order valence-electron chi connectivity index (χ3n) is 2.85. The highest BCUT2D eigenvalue weighted by molar-refractivity contribution is 8.15. The van der Waals surface area contributed by atoms with Crippen LogP contribution in [0.25, 0.3) is 6.08 Å². The van der Waals surface area contributed by atoms with Gasteiger partial charge in [-0.05, 0) is 18.2 Å². The molecule has 0 unspecified atom stereocenters. The number of para-hydroxylation sites is 1. The summed E-state index contributed by atoms with van der Waals surface area (Å²) in [6.45, 7) is 0. The number of carbonyl (C=O) groups excluding carboxylic acids is 1. The number of thioether (sulfide) groups is 1. The fourth-order valence-electron chi connectivity index (χ4n) is 1.81. The molecule has 124 valence electrons. The molecule has 1 atom stereocenters.